The van der Waals surface area contributed by atoms with E-state index in [4.69, 9.17) is 0 Å². The summed E-state index contributed by atoms with van der Waals surface area (Å²) in [6.07, 6.45) is 2.97. The summed E-state index contributed by atoms with van der Waals surface area (Å²) in [5.41, 5.74) is 1.98. The van der Waals surface area contributed by atoms with Crippen LogP contribution < -0.4 is 15.4 Å². The van der Waals surface area contributed by atoms with Crippen molar-refractivity contribution in [1.29, 1.82) is 0 Å². The molecule has 0 aromatic heterocycles. The first-order chi connectivity index (χ1) is 18.2. The normalized spacial score (nSPS) is 21.9. The number of likely N-dealkylation sites (tertiary alicyclic amines) is 1. The highest BCUT2D eigenvalue weighted by Crippen LogP contribution is 2.31. The van der Waals surface area contributed by atoms with E-state index in [0.717, 1.165) is 24.9 Å². The molecule has 3 atom stereocenters. The number of amides is 2. The second kappa shape index (κ2) is 10.8. The lowest BCUT2D eigenvalue weighted by Gasteiger charge is -2.39. The van der Waals surface area contributed by atoms with Gasteiger partial charge in [-0.1, -0.05) is 42.5 Å². The van der Waals surface area contributed by atoms with E-state index in [0.29, 0.717) is 41.4 Å². The number of nitrogens with zero attached hydrogens (tertiary/aromatic N) is 1. The highest BCUT2D eigenvalue weighted by atomic mass is 32.2. The number of piperidine rings is 1. The second-order valence-electron chi connectivity index (χ2n) is 10.3. The number of benzene rings is 3. The van der Waals surface area contributed by atoms with Gasteiger partial charge in [0.1, 0.15) is 0 Å². The molecule has 200 valence electrons. The van der Waals surface area contributed by atoms with Crippen LogP contribution in [0, 0.1) is 6.92 Å². The quantitative estimate of drug-likeness (QED) is 0.446. The van der Waals surface area contributed by atoms with Crippen molar-refractivity contribution in [2.45, 2.75) is 62.6 Å². The lowest BCUT2D eigenvalue weighted by Crippen LogP contribution is -2.54. The Morgan fingerprint density at radius 3 is 2.42 bits per heavy atom. The molecule has 2 aliphatic heterocycles. The van der Waals surface area contributed by atoms with Crippen LogP contribution in [0.4, 0.5) is 5.69 Å². The van der Waals surface area contributed by atoms with Crippen LogP contribution in [0.1, 0.15) is 48.5 Å². The lowest BCUT2D eigenvalue weighted by molar-refractivity contribution is -0.136. The molecule has 9 heteroatoms. The molecule has 38 heavy (non-hydrogen) atoms. The van der Waals surface area contributed by atoms with Gasteiger partial charge in [0.25, 0.3) is 5.91 Å². The number of fused-ring (bicyclic) bond motifs is 1. The maximum atomic E-state index is 13.6. The Morgan fingerprint density at radius 1 is 0.974 bits per heavy atom. The monoisotopic (exact) mass is 534 g/mol. The van der Waals surface area contributed by atoms with Crippen LogP contribution in [0.3, 0.4) is 0 Å². The summed E-state index contributed by atoms with van der Waals surface area (Å²) in [6.45, 7) is 5.25. The van der Waals surface area contributed by atoms with Crippen LogP contribution in [-0.2, 0) is 14.8 Å². The third kappa shape index (κ3) is 5.32. The molecule has 2 aliphatic rings. The van der Waals surface area contributed by atoms with Crippen LogP contribution in [0.25, 0.3) is 10.8 Å². The second-order valence-corrected chi connectivity index (χ2v) is 12.0. The Balaban J connectivity index is 1.34. The zero-order valence-electron chi connectivity index (χ0n) is 21.7. The Bertz CT molecular complexity index is 1470. The standard InChI is InChI=1S/C29H34N4O4S/c1-19-8-3-4-9-22(19)28(34)31-25-13-14-27(24-11-6-5-10-23(24)25)38(36,37)32-21-15-17-33(20(2)18-21)29(35)26-12-7-16-30-26/h3-6,8-11,13-14,20-21,26,30,32H,7,12,15-18H2,1-2H3,(H,31,34)/t20-,21?,26-/m0/s1. The third-order valence-corrected chi connectivity index (χ3v) is 9.23. The van der Waals surface area contributed by atoms with E-state index in [-0.39, 0.29) is 34.8 Å². The maximum absolute atomic E-state index is 13.6. The van der Waals surface area contributed by atoms with Crippen molar-refractivity contribution >= 4 is 38.3 Å². The molecule has 2 fully saturated rings. The minimum Gasteiger partial charge on any atom is -0.339 e. The van der Waals surface area contributed by atoms with E-state index in [1.807, 2.05) is 49.1 Å². The average molecular weight is 535 g/mol. The third-order valence-electron chi connectivity index (χ3n) is 7.65. The summed E-state index contributed by atoms with van der Waals surface area (Å²) >= 11 is 0. The van der Waals surface area contributed by atoms with E-state index >= 15 is 0 Å². The molecule has 3 aromatic carbocycles. The summed E-state index contributed by atoms with van der Waals surface area (Å²) in [7, 11) is -3.85. The molecule has 2 heterocycles. The first-order valence-electron chi connectivity index (χ1n) is 13.2. The molecule has 0 bridgehead atoms. The molecule has 0 spiro atoms. The molecule has 8 nitrogen and oxygen atoms in total. The van der Waals surface area contributed by atoms with Crippen LogP contribution in [-0.4, -0.2) is 56.3 Å². The smallest absolute Gasteiger partial charge is 0.255 e. The van der Waals surface area contributed by atoms with Gasteiger partial charge in [-0.15, -0.1) is 0 Å². The van der Waals surface area contributed by atoms with Gasteiger partial charge >= 0.3 is 0 Å². The fourth-order valence-corrected chi connectivity index (χ4v) is 7.11. The number of anilines is 1. The Labute approximate surface area is 223 Å². The van der Waals surface area contributed by atoms with Crippen LogP contribution in [0.2, 0.25) is 0 Å². The molecule has 2 saturated heterocycles. The zero-order chi connectivity index (χ0) is 26.9. The Hall–Kier alpha value is -3.27. The van der Waals surface area contributed by atoms with Crippen molar-refractivity contribution in [3.63, 3.8) is 0 Å². The number of carbonyl (C=O) groups excluding carboxylic acids is 2. The number of hydrogen-bond donors (Lipinski definition) is 3. The van der Waals surface area contributed by atoms with E-state index in [1.165, 1.54) is 0 Å². The molecule has 3 N–H and O–H groups in total. The molecule has 2 amide bonds. The first kappa shape index (κ1) is 26.3. The zero-order valence-corrected chi connectivity index (χ0v) is 22.6. The average Bonchev–Trinajstić information content (AvgIpc) is 3.44. The number of nitrogens with one attached hydrogen (secondary N) is 3. The minimum absolute atomic E-state index is 0.0536. The van der Waals surface area contributed by atoms with E-state index in [2.05, 4.69) is 15.4 Å². The molecular formula is C29H34N4O4S. The molecule has 0 radical (unpaired) electrons. The number of hydrogen-bond acceptors (Lipinski definition) is 5. The van der Waals surface area contributed by atoms with Crippen LogP contribution in [0.15, 0.2) is 65.6 Å². The molecule has 0 aliphatic carbocycles. The molecular weight excluding hydrogens is 500 g/mol. The number of rotatable bonds is 6. The topological polar surface area (TPSA) is 108 Å². The fraction of sp³-hybridized carbons (Fsp3) is 0.379. The SMILES string of the molecule is Cc1ccccc1C(=O)Nc1ccc(S(=O)(=O)NC2CCN(C(=O)[C@@H]3CCCN3)[C@@H](C)C2)c2ccccc12. The van der Waals surface area contributed by atoms with Crippen molar-refractivity contribution in [1.82, 2.24) is 14.9 Å². The Kier molecular flexibility index (Phi) is 7.52. The van der Waals surface area contributed by atoms with Gasteiger partial charge in [0.05, 0.1) is 10.9 Å². The Morgan fingerprint density at radius 2 is 1.71 bits per heavy atom. The van der Waals surface area contributed by atoms with E-state index < -0.39 is 10.0 Å². The fourth-order valence-electron chi connectivity index (χ4n) is 5.62. The van der Waals surface area contributed by atoms with Crippen molar-refractivity contribution < 1.29 is 18.0 Å². The van der Waals surface area contributed by atoms with Crippen molar-refractivity contribution in [2.75, 3.05) is 18.4 Å². The summed E-state index contributed by atoms with van der Waals surface area (Å²) in [5.74, 6) is -0.129. The predicted molar refractivity (Wildman–Crippen MR) is 149 cm³/mol. The van der Waals surface area contributed by atoms with Gasteiger partial charge in [-0.25, -0.2) is 13.1 Å². The minimum atomic E-state index is -3.85. The molecule has 5 rings (SSSR count). The highest BCUT2D eigenvalue weighted by molar-refractivity contribution is 7.89. The largest absolute Gasteiger partial charge is 0.339 e. The van der Waals surface area contributed by atoms with Crippen LogP contribution >= 0.6 is 0 Å². The molecule has 1 unspecified atom stereocenters. The summed E-state index contributed by atoms with van der Waals surface area (Å²) < 4.78 is 30.0. The molecule has 0 saturated carbocycles. The van der Waals surface area contributed by atoms with Crippen molar-refractivity contribution in [2.24, 2.45) is 0 Å². The maximum Gasteiger partial charge on any atom is 0.255 e. The van der Waals surface area contributed by atoms with E-state index in [9.17, 15) is 18.0 Å². The van der Waals surface area contributed by atoms with Gasteiger partial charge in [0.2, 0.25) is 15.9 Å². The van der Waals surface area contributed by atoms with Crippen LogP contribution in [0.5, 0.6) is 0 Å². The van der Waals surface area contributed by atoms with Gasteiger partial charge in [-0.3, -0.25) is 9.59 Å². The summed E-state index contributed by atoms with van der Waals surface area (Å²) in [5, 5.41) is 7.40. The number of aryl methyl sites for hydroxylation is 1. The highest BCUT2D eigenvalue weighted by Gasteiger charge is 2.35. The van der Waals surface area contributed by atoms with E-state index in [1.54, 1.807) is 30.3 Å². The van der Waals surface area contributed by atoms with Gasteiger partial charge in [0.15, 0.2) is 0 Å². The van der Waals surface area contributed by atoms with Gasteiger partial charge in [0, 0.05) is 40.7 Å². The van der Waals surface area contributed by atoms with Gasteiger partial charge in [-0.05, 0) is 69.8 Å². The first-order valence-corrected chi connectivity index (χ1v) is 14.7. The van der Waals surface area contributed by atoms with Crippen molar-refractivity contribution in [3.05, 3.63) is 71.8 Å². The van der Waals surface area contributed by atoms with Crippen molar-refractivity contribution in [3.8, 4) is 0 Å². The summed E-state index contributed by atoms with van der Waals surface area (Å²) in [4.78, 5) is 27.9. The van der Waals surface area contributed by atoms with Gasteiger partial charge < -0.3 is 15.5 Å². The number of carbonyl (C=O) groups is 2. The van der Waals surface area contributed by atoms with Gasteiger partial charge in [-0.2, -0.15) is 0 Å². The molecule has 3 aromatic rings. The summed E-state index contributed by atoms with van der Waals surface area (Å²) in [6, 6.07) is 17.3. The predicted octanol–water partition coefficient (Wildman–Crippen LogP) is 3.81. The number of sulfonamides is 1. The lowest BCUT2D eigenvalue weighted by atomic mass is 9.98.